The second-order valence-electron chi connectivity index (χ2n) is 3.28. The number of para-hydroxylation sites is 2. The number of nitrogen functional groups attached to an aromatic ring is 1. The second-order valence-corrected chi connectivity index (χ2v) is 3.28. The number of aliphatic hydroxyl groups excluding tert-OH is 2. The molecule has 0 amide bonds. The fourth-order valence-corrected chi connectivity index (χ4v) is 1.31. The third-order valence-electron chi connectivity index (χ3n) is 2.04. The summed E-state index contributed by atoms with van der Waals surface area (Å²) in [5.74, 6) is 0. The van der Waals surface area contributed by atoms with Gasteiger partial charge >= 0.3 is 0 Å². The Morgan fingerprint density at radius 3 is 2.64 bits per heavy atom. The van der Waals surface area contributed by atoms with Crippen molar-refractivity contribution in [3.8, 4) is 0 Å². The molecular formula is C10H16N2O2. The molecule has 0 radical (unpaired) electrons. The third-order valence-corrected chi connectivity index (χ3v) is 2.04. The lowest BCUT2D eigenvalue weighted by Crippen LogP contribution is -2.31. The maximum atomic E-state index is 9.25. The lowest BCUT2D eigenvalue weighted by Gasteiger charge is -2.22. The predicted octanol–water partition coefficient (Wildman–Crippen LogP) is 0.0582. The highest BCUT2D eigenvalue weighted by Gasteiger charge is 2.09. The average molecular weight is 196 g/mol. The minimum absolute atomic E-state index is 0.239. The first-order valence-corrected chi connectivity index (χ1v) is 4.49. The highest BCUT2D eigenvalue weighted by molar-refractivity contribution is 5.66. The summed E-state index contributed by atoms with van der Waals surface area (Å²) in [6, 6.07) is 7.42. The fraction of sp³-hybridized carbons (Fsp3) is 0.400. The van der Waals surface area contributed by atoms with Crippen LogP contribution in [0.15, 0.2) is 24.3 Å². The molecule has 0 aliphatic heterocycles. The Morgan fingerprint density at radius 2 is 2.07 bits per heavy atom. The van der Waals surface area contributed by atoms with Crippen molar-refractivity contribution in [2.24, 2.45) is 0 Å². The fourth-order valence-electron chi connectivity index (χ4n) is 1.31. The van der Waals surface area contributed by atoms with Crippen LogP contribution < -0.4 is 10.6 Å². The highest BCUT2D eigenvalue weighted by atomic mass is 16.3. The van der Waals surface area contributed by atoms with Gasteiger partial charge in [-0.2, -0.15) is 0 Å². The monoisotopic (exact) mass is 196 g/mol. The molecule has 4 N–H and O–H groups in total. The van der Waals surface area contributed by atoms with Crippen LogP contribution in [0, 0.1) is 0 Å². The molecule has 0 aliphatic carbocycles. The molecule has 0 aromatic heterocycles. The molecule has 0 heterocycles. The lowest BCUT2D eigenvalue weighted by molar-refractivity contribution is 0.101. The minimum atomic E-state index is -0.736. The van der Waals surface area contributed by atoms with Gasteiger partial charge in [0.15, 0.2) is 0 Å². The number of nitrogens with zero attached hydrogens (tertiary/aromatic N) is 1. The van der Waals surface area contributed by atoms with Crippen LogP contribution in [0.5, 0.6) is 0 Å². The molecule has 1 aromatic rings. The number of hydrogen-bond donors (Lipinski definition) is 3. The van der Waals surface area contributed by atoms with E-state index in [2.05, 4.69) is 0 Å². The van der Waals surface area contributed by atoms with Crippen LogP contribution in [0.4, 0.5) is 11.4 Å². The molecular weight excluding hydrogens is 180 g/mol. The molecule has 4 nitrogen and oxygen atoms in total. The summed E-state index contributed by atoms with van der Waals surface area (Å²) in [4.78, 5) is 1.82. The molecule has 0 fully saturated rings. The van der Waals surface area contributed by atoms with E-state index < -0.39 is 6.10 Å². The van der Waals surface area contributed by atoms with Crippen molar-refractivity contribution < 1.29 is 10.2 Å². The van der Waals surface area contributed by atoms with Crippen LogP contribution in [0.25, 0.3) is 0 Å². The van der Waals surface area contributed by atoms with Crippen LogP contribution in [0.3, 0.4) is 0 Å². The van der Waals surface area contributed by atoms with Gasteiger partial charge in [-0.15, -0.1) is 0 Å². The summed E-state index contributed by atoms with van der Waals surface area (Å²) in [6.07, 6.45) is -0.736. The number of nitrogens with two attached hydrogens (primary N) is 1. The summed E-state index contributed by atoms with van der Waals surface area (Å²) in [6.45, 7) is 0.127. The number of anilines is 2. The minimum Gasteiger partial charge on any atom is -0.397 e. The summed E-state index contributed by atoms with van der Waals surface area (Å²) >= 11 is 0. The van der Waals surface area contributed by atoms with E-state index in [4.69, 9.17) is 10.8 Å². The van der Waals surface area contributed by atoms with Gasteiger partial charge in [-0.05, 0) is 12.1 Å². The van der Waals surface area contributed by atoms with E-state index >= 15 is 0 Å². The van der Waals surface area contributed by atoms with Gasteiger partial charge in [0.1, 0.15) is 0 Å². The Kier molecular flexibility index (Phi) is 3.73. The topological polar surface area (TPSA) is 69.7 Å². The van der Waals surface area contributed by atoms with Gasteiger partial charge in [0.25, 0.3) is 0 Å². The first-order valence-electron chi connectivity index (χ1n) is 4.49. The maximum Gasteiger partial charge on any atom is 0.0945 e. The molecule has 0 bridgehead atoms. The van der Waals surface area contributed by atoms with E-state index in [1.807, 2.05) is 30.1 Å². The molecule has 78 valence electrons. The Morgan fingerprint density at radius 1 is 1.43 bits per heavy atom. The maximum absolute atomic E-state index is 9.25. The van der Waals surface area contributed by atoms with Crippen molar-refractivity contribution in [2.75, 3.05) is 30.8 Å². The van der Waals surface area contributed by atoms with E-state index in [-0.39, 0.29) is 6.61 Å². The first kappa shape index (κ1) is 10.8. The van der Waals surface area contributed by atoms with Crippen LogP contribution in [-0.2, 0) is 0 Å². The number of rotatable bonds is 4. The van der Waals surface area contributed by atoms with E-state index in [1.165, 1.54) is 0 Å². The summed E-state index contributed by atoms with van der Waals surface area (Å²) in [5, 5.41) is 17.9. The first-order chi connectivity index (χ1) is 6.65. The zero-order valence-corrected chi connectivity index (χ0v) is 8.22. The normalized spacial score (nSPS) is 12.5. The smallest absolute Gasteiger partial charge is 0.0945 e. The zero-order valence-electron chi connectivity index (χ0n) is 8.22. The van der Waals surface area contributed by atoms with Gasteiger partial charge in [-0.25, -0.2) is 0 Å². The van der Waals surface area contributed by atoms with Gasteiger partial charge in [0, 0.05) is 13.6 Å². The Bertz CT molecular complexity index is 291. The molecule has 1 atom stereocenters. The molecule has 0 aliphatic rings. The Labute approximate surface area is 83.6 Å². The van der Waals surface area contributed by atoms with Crippen molar-refractivity contribution >= 4 is 11.4 Å². The molecule has 1 rings (SSSR count). The second kappa shape index (κ2) is 4.83. The molecule has 1 unspecified atom stereocenters. The SMILES string of the molecule is CN(CC(O)CO)c1ccccc1N. The van der Waals surface area contributed by atoms with Gasteiger partial charge in [0.2, 0.25) is 0 Å². The van der Waals surface area contributed by atoms with Crippen molar-refractivity contribution in [2.45, 2.75) is 6.10 Å². The summed E-state index contributed by atoms with van der Waals surface area (Å²) in [5.41, 5.74) is 7.28. The van der Waals surface area contributed by atoms with Crippen LogP contribution in [-0.4, -0.2) is 36.5 Å². The predicted molar refractivity (Wildman–Crippen MR) is 57.2 cm³/mol. The lowest BCUT2D eigenvalue weighted by atomic mass is 10.2. The average Bonchev–Trinajstić information content (AvgIpc) is 2.18. The van der Waals surface area contributed by atoms with E-state index in [9.17, 15) is 5.11 Å². The van der Waals surface area contributed by atoms with Gasteiger partial charge < -0.3 is 20.8 Å². The van der Waals surface area contributed by atoms with Crippen LogP contribution in [0.2, 0.25) is 0 Å². The number of likely N-dealkylation sites (N-methyl/N-ethyl adjacent to an activating group) is 1. The van der Waals surface area contributed by atoms with Crippen molar-refractivity contribution in [3.63, 3.8) is 0 Å². The molecule has 0 saturated heterocycles. The number of benzene rings is 1. The Balaban J connectivity index is 2.69. The highest BCUT2D eigenvalue weighted by Crippen LogP contribution is 2.20. The van der Waals surface area contributed by atoms with E-state index in [0.29, 0.717) is 12.2 Å². The van der Waals surface area contributed by atoms with E-state index in [0.717, 1.165) is 5.69 Å². The molecule has 4 heteroatoms. The van der Waals surface area contributed by atoms with Gasteiger partial charge in [-0.1, -0.05) is 12.1 Å². The van der Waals surface area contributed by atoms with Gasteiger partial charge in [0.05, 0.1) is 24.1 Å². The van der Waals surface area contributed by atoms with E-state index in [1.54, 1.807) is 6.07 Å². The van der Waals surface area contributed by atoms with Crippen molar-refractivity contribution in [1.82, 2.24) is 0 Å². The largest absolute Gasteiger partial charge is 0.397 e. The third kappa shape index (κ3) is 2.61. The number of aliphatic hydroxyl groups is 2. The zero-order chi connectivity index (χ0) is 10.6. The van der Waals surface area contributed by atoms with Crippen LogP contribution in [0.1, 0.15) is 0 Å². The molecule has 1 aromatic carbocycles. The van der Waals surface area contributed by atoms with Crippen LogP contribution >= 0.6 is 0 Å². The molecule has 0 spiro atoms. The quantitative estimate of drug-likeness (QED) is 0.595. The standard InChI is InChI=1S/C10H16N2O2/c1-12(6-8(14)7-13)10-5-3-2-4-9(10)11/h2-5,8,13-14H,6-7,11H2,1H3. The Hall–Kier alpha value is -1.26. The van der Waals surface area contributed by atoms with Crippen molar-refractivity contribution in [3.05, 3.63) is 24.3 Å². The van der Waals surface area contributed by atoms with Crippen molar-refractivity contribution in [1.29, 1.82) is 0 Å². The molecule has 14 heavy (non-hydrogen) atoms. The number of hydrogen-bond acceptors (Lipinski definition) is 4. The summed E-state index contributed by atoms with van der Waals surface area (Å²) < 4.78 is 0. The molecule has 0 saturated carbocycles. The summed E-state index contributed by atoms with van der Waals surface area (Å²) in [7, 11) is 1.82. The van der Waals surface area contributed by atoms with Gasteiger partial charge in [-0.3, -0.25) is 0 Å².